The highest BCUT2D eigenvalue weighted by molar-refractivity contribution is 5.84. The Balaban J connectivity index is 3.47. The second-order valence-electron chi connectivity index (χ2n) is 3.41. The monoisotopic (exact) mass is 306 g/mol. The van der Waals surface area contributed by atoms with E-state index < -0.39 is 35.6 Å². The zero-order valence-corrected chi connectivity index (χ0v) is 8.30. The summed E-state index contributed by atoms with van der Waals surface area (Å²) in [5, 5.41) is 0. The van der Waals surface area contributed by atoms with Crippen molar-refractivity contribution in [1.29, 1.82) is 0 Å². The Morgan fingerprint density at radius 2 is 1.42 bits per heavy atom. The topological polar surface area (TPSA) is 64.3 Å². The van der Waals surface area contributed by atoms with Gasteiger partial charge in [0.05, 0.1) is 0 Å². The van der Waals surface area contributed by atoms with Crippen molar-refractivity contribution in [2.24, 2.45) is 5.84 Å². The van der Waals surface area contributed by atoms with Crippen molar-refractivity contribution in [3.8, 4) is 0 Å². The fraction of sp³-hybridized carbons (Fsp3) is 0.833. The van der Waals surface area contributed by atoms with Crippen LogP contribution in [0.3, 0.4) is 0 Å². The van der Waals surface area contributed by atoms with Gasteiger partial charge in [-0.2, -0.15) is 39.5 Å². The Bertz CT molecular complexity index is 412. The zero-order valence-electron chi connectivity index (χ0n) is 8.30. The number of nitrogens with one attached hydrogen (secondary N) is 1. The predicted octanol–water partition coefficient (Wildman–Crippen LogP) is 1.17. The van der Waals surface area contributed by atoms with Crippen LogP contribution in [-0.2, 0) is 9.53 Å². The number of nitrogens with two attached hydrogens (primary N) is 1. The van der Waals surface area contributed by atoms with E-state index in [2.05, 4.69) is 10.6 Å². The molecule has 3 N–H and O–H groups in total. The Hall–Kier alpha value is -1.24. The predicted molar refractivity (Wildman–Crippen MR) is 37.0 cm³/mol. The van der Waals surface area contributed by atoms with Crippen molar-refractivity contribution in [3.05, 3.63) is 0 Å². The van der Waals surface area contributed by atoms with Crippen LogP contribution in [0.25, 0.3) is 0 Å². The maximum Gasteiger partial charge on any atom is 0.428 e. The van der Waals surface area contributed by atoms with Gasteiger partial charge in [-0.05, 0) is 0 Å². The first kappa shape index (κ1) is 15.8. The van der Waals surface area contributed by atoms with Crippen LogP contribution in [0.4, 0.5) is 39.5 Å². The van der Waals surface area contributed by atoms with Crippen molar-refractivity contribution in [2.45, 2.75) is 29.7 Å². The Kier molecular flexibility index (Phi) is 3.04. The molecule has 1 atom stereocenters. The highest BCUT2D eigenvalue weighted by Crippen LogP contribution is 2.64. The molecule has 19 heavy (non-hydrogen) atoms. The number of carbonyl (C=O) groups is 1. The van der Waals surface area contributed by atoms with Crippen molar-refractivity contribution < 1.29 is 49.0 Å². The number of halogens is 9. The zero-order chi connectivity index (χ0) is 15.5. The summed E-state index contributed by atoms with van der Waals surface area (Å²) in [6, 6.07) is 0. The van der Waals surface area contributed by atoms with Gasteiger partial charge >= 0.3 is 35.6 Å². The minimum atomic E-state index is -6.69. The van der Waals surface area contributed by atoms with Crippen LogP contribution in [0.2, 0.25) is 0 Å². The highest BCUT2D eigenvalue weighted by Gasteiger charge is 2.96. The summed E-state index contributed by atoms with van der Waals surface area (Å²) in [4.78, 5) is 10.4. The van der Waals surface area contributed by atoms with Crippen molar-refractivity contribution >= 4 is 5.91 Å². The third-order valence-electron chi connectivity index (χ3n) is 2.25. The van der Waals surface area contributed by atoms with Gasteiger partial charge in [0, 0.05) is 0 Å². The Labute approximate surface area is 97.2 Å². The summed E-state index contributed by atoms with van der Waals surface area (Å²) in [6.07, 6.45) is -6.26. The third kappa shape index (κ3) is 1.54. The molecule has 1 fully saturated rings. The van der Waals surface area contributed by atoms with Crippen molar-refractivity contribution in [2.75, 3.05) is 0 Å². The van der Waals surface area contributed by atoms with Crippen LogP contribution in [0, 0.1) is 0 Å². The number of hydrazine groups is 1. The van der Waals surface area contributed by atoms with Gasteiger partial charge in [-0.15, -0.1) is 0 Å². The molecule has 0 aromatic rings. The summed E-state index contributed by atoms with van der Waals surface area (Å²) < 4.78 is 117. The number of rotatable bonds is 2. The number of hydrogen-bond donors (Lipinski definition) is 2. The van der Waals surface area contributed by atoms with Gasteiger partial charge in [0.15, 0.2) is 0 Å². The first-order chi connectivity index (χ1) is 8.19. The van der Waals surface area contributed by atoms with Crippen molar-refractivity contribution in [1.82, 2.24) is 5.43 Å². The van der Waals surface area contributed by atoms with Crippen molar-refractivity contribution in [3.63, 3.8) is 0 Å². The lowest BCUT2D eigenvalue weighted by molar-refractivity contribution is -0.367. The van der Waals surface area contributed by atoms with Crippen LogP contribution >= 0.6 is 0 Å². The molecular formula is C6H3F9N2O2. The molecule has 0 saturated carbocycles. The van der Waals surface area contributed by atoms with Gasteiger partial charge in [-0.1, -0.05) is 0 Å². The van der Waals surface area contributed by atoms with Gasteiger partial charge in [-0.25, -0.2) is 5.84 Å². The molecule has 112 valence electrons. The number of ether oxygens (including phenoxy) is 1. The number of amides is 1. The average molecular weight is 306 g/mol. The molecule has 1 aliphatic rings. The molecule has 1 heterocycles. The van der Waals surface area contributed by atoms with E-state index in [0.717, 1.165) is 0 Å². The second kappa shape index (κ2) is 3.65. The summed E-state index contributed by atoms with van der Waals surface area (Å²) in [5.74, 6) is -24.6. The highest BCUT2D eigenvalue weighted by atomic mass is 19.4. The molecule has 0 radical (unpaired) electrons. The van der Waals surface area contributed by atoms with E-state index in [1.165, 1.54) is 0 Å². The van der Waals surface area contributed by atoms with E-state index in [0.29, 0.717) is 5.43 Å². The lowest BCUT2D eigenvalue weighted by Crippen LogP contribution is -2.65. The normalized spacial score (nSPS) is 32.1. The molecule has 0 bridgehead atoms. The third-order valence-corrected chi connectivity index (χ3v) is 2.25. The molecule has 0 aromatic carbocycles. The second-order valence-corrected chi connectivity index (χ2v) is 3.41. The molecule has 1 unspecified atom stereocenters. The quantitative estimate of drug-likeness (QED) is 0.348. The van der Waals surface area contributed by atoms with Gasteiger partial charge in [-0.3, -0.25) is 15.0 Å². The number of carbonyl (C=O) groups excluding carboxylic acids is 1. The fourth-order valence-electron chi connectivity index (χ4n) is 1.19. The molecule has 1 saturated heterocycles. The van der Waals surface area contributed by atoms with Crippen LogP contribution in [0.1, 0.15) is 0 Å². The maximum atomic E-state index is 13.3. The molecule has 4 nitrogen and oxygen atoms in total. The fourth-order valence-corrected chi connectivity index (χ4v) is 1.19. The summed E-state index contributed by atoms with van der Waals surface area (Å²) in [7, 11) is 0. The minimum Gasteiger partial charge on any atom is -0.289 e. The van der Waals surface area contributed by atoms with Gasteiger partial charge in [0.1, 0.15) is 0 Å². The SMILES string of the molecule is NNC(=O)C(F)(F)C1(F)OC(F)(F)C(F)(F)C1(F)F. The van der Waals surface area contributed by atoms with E-state index in [1.54, 1.807) is 0 Å². The summed E-state index contributed by atoms with van der Waals surface area (Å²) in [5.41, 5.74) is 0.468. The lowest BCUT2D eigenvalue weighted by atomic mass is 9.99. The summed E-state index contributed by atoms with van der Waals surface area (Å²) in [6.45, 7) is 0. The molecule has 0 spiro atoms. The molecule has 1 rings (SSSR count). The largest absolute Gasteiger partial charge is 0.428 e. The van der Waals surface area contributed by atoms with E-state index in [1.807, 2.05) is 0 Å². The van der Waals surface area contributed by atoms with E-state index >= 15 is 0 Å². The van der Waals surface area contributed by atoms with Crippen LogP contribution in [0.15, 0.2) is 0 Å². The molecular weight excluding hydrogens is 303 g/mol. The number of alkyl halides is 9. The smallest absolute Gasteiger partial charge is 0.289 e. The van der Waals surface area contributed by atoms with Gasteiger partial charge in [0.2, 0.25) is 0 Å². The van der Waals surface area contributed by atoms with E-state index in [9.17, 15) is 44.3 Å². The average Bonchev–Trinajstić information content (AvgIpc) is 2.34. The minimum absolute atomic E-state index is 0.468. The first-order valence-corrected chi connectivity index (χ1v) is 4.10. The van der Waals surface area contributed by atoms with Crippen LogP contribution < -0.4 is 11.3 Å². The molecule has 13 heteroatoms. The molecule has 0 aliphatic carbocycles. The first-order valence-electron chi connectivity index (χ1n) is 4.10. The molecule has 0 aromatic heterocycles. The van der Waals surface area contributed by atoms with Crippen LogP contribution in [-0.4, -0.2) is 35.6 Å². The Morgan fingerprint density at radius 1 is 1.00 bits per heavy atom. The summed E-state index contributed by atoms with van der Waals surface area (Å²) >= 11 is 0. The molecule has 1 amide bonds. The van der Waals surface area contributed by atoms with Gasteiger partial charge < -0.3 is 0 Å². The molecule has 1 aliphatic heterocycles. The van der Waals surface area contributed by atoms with E-state index in [-0.39, 0.29) is 0 Å². The Morgan fingerprint density at radius 3 is 1.68 bits per heavy atom. The van der Waals surface area contributed by atoms with Crippen LogP contribution in [0.5, 0.6) is 0 Å². The maximum absolute atomic E-state index is 13.3. The lowest BCUT2D eigenvalue weighted by Gasteiger charge is -2.31. The standard InChI is InChI=1S/C6H3F9N2O2/c7-2(8,1(18)17-16)5(13)3(9,10)4(11,12)6(14,15)19-5/h16H2,(H,17,18). The van der Waals surface area contributed by atoms with Gasteiger partial charge in [0.25, 0.3) is 0 Å². The van der Waals surface area contributed by atoms with E-state index in [4.69, 9.17) is 0 Å². The number of hydrogen-bond acceptors (Lipinski definition) is 3.